The molecule has 5 rings (SSSR count). The molecule has 8 nitrogen and oxygen atoms in total. The molecule has 35 heavy (non-hydrogen) atoms. The number of aliphatic hydroxyl groups is 1. The molecule has 1 aliphatic heterocycles. The second kappa shape index (κ2) is 9.95. The van der Waals surface area contributed by atoms with Gasteiger partial charge in [-0.2, -0.15) is 0 Å². The molecule has 1 aliphatic rings. The molecule has 0 bridgehead atoms. The van der Waals surface area contributed by atoms with Crippen LogP contribution < -0.4 is 15.4 Å². The van der Waals surface area contributed by atoms with Crippen LogP contribution in [0, 0.1) is 0 Å². The first kappa shape index (κ1) is 23.2. The summed E-state index contributed by atoms with van der Waals surface area (Å²) in [6, 6.07) is 17.8. The summed E-state index contributed by atoms with van der Waals surface area (Å²) in [5.41, 5.74) is 10.8. The maximum absolute atomic E-state index is 9.76. The van der Waals surface area contributed by atoms with Gasteiger partial charge >= 0.3 is 0 Å². The van der Waals surface area contributed by atoms with Crippen molar-refractivity contribution in [2.75, 3.05) is 31.8 Å². The van der Waals surface area contributed by atoms with Crippen molar-refractivity contribution in [2.45, 2.75) is 26.1 Å². The van der Waals surface area contributed by atoms with Gasteiger partial charge in [0, 0.05) is 29.8 Å². The third-order valence-electron chi connectivity index (χ3n) is 6.35. The highest BCUT2D eigenvalue weighted by molar-refractivity contribution is 5.90. The molecule has 0 aliphatic carbocycles. The summed E-state index contributed by atoms with van der Waals surface area (Å²) in [5.74, 6) is 2.10. The number of rotatable bonds is 6. The summed E-state index contributed by atoms with van der Waals surface area (Å²) < 4.78 is 11.0. The van der Waals surface area contributed by atoms with Crippen molar-refractivity contribution in [3.8, 4) is 28.4 Å². The van der Waals surface area contributed by atoms with Gasteiger partial charge in [0.1, 0.15) is 11.6 Å². The van der Waals surface area contributed by atoms with E-state index in [2.05, 4.69) is 11.8 Å². The molecular formula is C27H29N5O3. The van der Waals surface area contributed by atoms with Crippen LogP contribution in [0.3, 0.4) is 0 Å². The summed E-state index contributed by atoms with van der Waals surface area (Å²) >= 11 is 0. The van der Waals surface area contributed by atoms with Crippen LogP contribution in [0.2, 0.25) is 0 Å². The van der Waals surface area contributed by atoms with Crippen LogP contribution >= 0.6 is 0 Å². The molecule has 0 unspecified atom stereocenters. The molecule has 8 heteroatoms. The molecule has 2 aromatic carbocycles. The predicted molar refractivity (Wildman–Crippen MR) is 136 cm³/mol. The minimum Gasteiger partial charge on any atom is -0.496 e. The molecule has 2 aromatic heterocycles. The minimum absolute atomic E-state index is 0.118. The summed E-state index contributed by atoms with van der Waals surface area (Å²) in [7, 11) is 1.59. The Bertz CT molecular complexity index is 1360. The summed E-state index contributed by atoms with van der Waals surface area (Å²) in [6.07, 6.45) is 0. The van der Waals surface area contributed by atoms with Crippen LogP contribution in [-0.2, 0) is 17.9 Å². The van der Waals surface area contributed by atoms with E-state index in [1.807, 2.05) is 54.6 Å². The number of aromatic nitrogens is 3. The monoisotopic (exact) mass is 471 g/mol. The van der Waals surface area contributed by atoms with Crippen molar-refractivity contribution in [3.63, 3.8) is 0 Å². The van der Waals surface area contributed by atoms with Crippen molar-refractivity contribution in [1.82, 2.24) is 15.0 Å². The Kier molecular flexibility index (Phi) is 6.59. The lowest BCUT2D eigenvalue weighted by molar-refractivity contribution is 0.0987. The van der Waals surface area contributed by atoms with E-state index in [4.69, 9.17) is 30.2 Å². The number of anilines is 1. The van der Waals surface area contributed by atoms with Gasteiger partial charge in [-0.1, -0.05) is 18.2 Å². The molecule has 0 amide bonds. The molecule has 0 spiro atoms. The number of pyridine rings is 1. The molecule has 180 valence electrons. The first-order valence-electron chi connectivity index (χ1n) is 11.7. The fourth-order valence-corrected chi connectivity index (χ4v) is 4.44. The van der Waals surface area contributed by atoms with E-state index in [1.54, 1.807) is 7.11 Å². The van der Waals surface area contributed by atoms with Crippen LogP contribution in [0.5, 0.6) is 5.75 Å². The van der Waals surface area contributed by atoms with E-state index in [0.717, 1.165) is 40.1 Å². The van der Waals surface area contributed by atoms with Crippen molar-refractivity contribution in [2.24, 2.45) is 5.73 Å². The maximum atomic E-state index is 9.76. The number of methoxy groups -OCH3 is 1. The highest BCUT2D eigenvalue weighted by Gasteiger charge is 2.24. The highest BCUT2D eigenvalue weighted by Crippen LogP contribution is 2.32. The van der Waals surface area contributed by atoms with E-state index >= 15 is 0 Å². The Morgan fingerprint density at radius 3 is 2.74 bits per heavy atom. The van der Waals surface area contributed by atoms with E-state index in [1.165, 1.54) is 0 Å². The van der Waals surface area contributed by atoms with Gasteiger partial charge in [0.15, 0.2) is 11.5 Å². The number of nitrogens with zero attached hydrogens (tertiary/aromatic N) is 4. The van der Waals surface area contributed by atoms with Crippen LogP contribution in [0.1, 0.15) is 18.1 Å². The van der Waals surface area contributed by atoms with Gasteiger partial charge in [-0.15, -0.1) is 0 Å². The minimum atomic E-state index is -0.118. The molecule has 1 fully saturated rings. The fraction of sp³-hybridized carbons (Fsp3) is 0.296. The third kappa shape index (κ3) is 4.55. The number of hydrogen-bond donors (Lipinski definition) is 2. The lowest BCUT2D eigenvalue weighted by Gasteiger charge is -2.35. The number of aliphatic hydroxyl groups excluding tert-OH is 1. The Balaban J connectivity index is 1.68. The number of nitrogens with two attached hydrogens (primary N) is 1. The maximum Gasteiger partial charge on any atom is 0.165 e. The largest absolute Gasteiger partial charge is 0.496 e. The SMILES string of the molecule is COc1ccc(-c2ccc3c(N4CCOC[C@@H]4C)nc(-c4cccc(CN)c4)nc3n2)cc1CO. The zero-order valence-corrected chi connectivity index (χ0v) is 19.9. The predicted octanol–water partition coefficient (Wildman–Crippen LogP) is 3.54. The average Bonchev–Trinajstić information content (AvgIpc) is 2.92. The van der Waals surface area contributed by atoms with Crippen LogP contribution in [0.15, 0.2) is 54.6 Å². The molecular weight excluding hydrogens is 442 g/mol. The summed E-state index contributed by atoms with van der Waals surface area (Å²) in [5, 5.41) is 10.6. The normalized spacial score (nSPS) is 16.0. The molecule has 0 saturated carbocycles. The van der Waals surface area contributed by atoms with Crippen LogP contribution in [0.25, 0.3) is 33.7 Å². The molecule has 3 heterocycles. The first-order chi connectivity index (χ1) is 17.1. The number of morpholine rings is 1. The molecule has 1 saturated heterocycles. The number of hydrogen-bond acceptors (Lipinski definition) is 8. The van der Waals surface area contributed by atoms with Gasteiger partial charge in [0.05, 0.1) is 44.1 Å². The second-order valence-electron chi connectivity index (χ2n) is 8.65. The van der Waals surface area contributed by atoms with Gasteiger partial charge in [0.25, 0.3) is 0 Å². The zero-order chi connectivity index (χ0) is 24.4. The summed E-state index contributed by atoms with van der Waals surface area (Å²) in [4.78, 5) is 17.1. The lowest BCUT2D eigenvalue weighted by atomic mass is 10.1. The van der Waals surface area contributed by atoms with E-state index in [-0.39, 0.29) is 12.6 Å². The topological polar surface area (TPSA) is 107 Å². The van der Waals surface area contributed by atoms with E-state index in [0.29, 0.717) is 42.5 Å². The lowest BCUT2D eigenvalue weighted by Crippen LogP contribution is -2.44. The number of ether oxygens (including phenoxy) is 2. The van der Waals surface area contributed by atoms with Crippen LogP contribution in [-0.4, -0.2) is 53.0 Å². The van der Waals surface area contributed by atoms with Gasteiger partial charge in [0.2, 0.25) is 0 Å². The molecule has 4 aromatic rings. The fourth-order valence-electron chi connectivity index (χ4n) is 4.44. The smallest absolute Gasteiger partial charge is 0.165 e. The summed E-state index contributed by atoms with van der Waals surface area (Å²) in [6.45, 7) is 4.50. The number of benzene rings is 2. The number of fused-ring (bicyclic) bond motifs is 1. The Labute approximate surface area is 204 Å². The van der Waals surface area contributed by atoms with Crippen molar-refractivity contribution in [3.05, 3.63) is 65.7 Å². The van der Waals surface area contributed by atoms with Gasteiger partial charge < -0.3 is 25.2 Å². The molecule has 3 N–H and O–H groups in total. The van der Waals surface area contributed by atoms with Gasteiger partial charge in [-0.25, -0.2) is 15.0 Å². The second-order valence-corrected chi connectivity index (χ2v) is 8.65. The average molecular weight is 472 g/mol. The van der Waals surface area contributed by atoms with Crippen molar-refractivity contribution >= 4 is 16.9 Å². The van der Waals surface area contributed by atoms with E-state index in [9.17, 15) is 5.11 Å². The van der Waals surface area contributed by atoms with Gasteiger partial charge in [-0.3, -0.25) is 0 Å². The van der Waals surface area contributed by atoms with Crippen molar-refractivity contribution in [1.29, 1.82) is 0 Å². The standard InChI is InChI=1S/C27H29N5O3/c1-17-16-35-11-10-32(17)27-22-7-8-23(19-6-9-24(34-2)21(13-19)15-33)29-26(22)30-25(31-27)20-5-3-4-18(12-20)14-28/h3-9,12-13,17,33H,10-11,14-16,28H2,1-2H3/t17-/m0/s1. The van der Waals surface area contributed by atoms with E-state index < -0.39 is 0 Å². The molecule has 1 atom stereocenters. The molecule has 0 radical (unpaired) electrons. The highest BCUT2D eigenvalue weighted by atomic mass is 16.5. The van der Waals surface area contributed by atoms with Crippen LogP contribution in [0.4, 0.5) is 5.82 Å². The Hall–Kier alpha value is -3.59. The third-order valence-corrected chi connectivity index (χ3v) is 6.35. The first-order valence-corrected chi connectivity index (χ1v) is 11.7. The Morgan fingerprint density at radius 1 is 1.09 bits per heavy atom. The zero-order valence-electron chi connectivity index (χ0n) is 19.9. The van der Waals surface area contributed by atoms with Gasteiger partial charge in [-0.05, 0) is 48.9 Å². The van der Waals surface area contributed by atoms with Crippen molar-refractivity contribution < 1.29 is 14.6 Å². The quantitative estimate of drug-likeness (QED) is 0.440. The Morgan fingerprint density at radius 2 is 1.97 bits per heavy atom.